The predicted molar refractivity (Wildman–Crippen MR) is 53.3 cm³/mol. The van der Waals surface area contributed by atoms with Crippen molar-refractivity contribution in [2.75, 3.05) is 5.73 Å². The summed E-state index contributed by atoms with van der Waals surface area (Å²) in [5, 5.41) is 0. The van der Waals surface area contributed by atoms with Crippen LogP contribution in [0.5, 0.6) is 0 Å². The molecule has 0 saturated carbocycles. The topological polar surface area (TPSA) is 39.2 Å². The molecule has 0 radical (unpaired) electrons. The van der Waals surface area contributed by atoms with Crippen molar-refractivity contribution in [2.45, 2.75) is 6.92 Å². The monoisotopic (exact) mass is 173 g/mol. The number of rotatable bonds is 1. The van der Waals surface area contributed by atoms with E-state index in [0.29, 0.717) is 5.69 Å². The van der Waals surface area contributed by atoms with Crippen molar-refractivity contribution in [3.63, 3.8) is 0 Å². The second-order valence-electron chi connectivity index (χ2n) is 3.01. The highest BCUT2D eigenvalue weighted by Gasteiger charge is 2.07. The van der Waals surface area contributed by atoms with Gasteiger partial charge in [0.25, 0.3) is 0 Å². The molecule has 2 heteroatoms. The number of hydrogen-bond acceptors (Lipinski definition) is 2. The molecule has 1 heterocycles. The molecule has 0 aliphatic rings. The fourth-order valence-corrected chi connectivity index (χ4v) is 1.30. The van der Waals surface area contributed by atoms with Gasteiger partial charge >= 0.3 is 0 Å². The lowest BCUT2D eigenvalue weighted by atomic mass is 10.1. The van der Waals surface area contributed by atoms with Crippen LogP contribution in [0.1, 0.15) is 5.56 Å². The van der Waals surface area contributed by atoms with E-state index in [9.17, 15) is 0 Å². The van der Waals surface area contributed by atoms with Crippen LogP contribution in [0.4, 0.5) is 5.69 Å². The van der Waals surface area contributed by atoms with E-state index in [2.05, 4.69) is 0 Å². The van der Waals surface area contributed by atoms with E-state index in [1.165, 1.54) is 0 Å². The van der Waals surface area contributed by atoms with Crippen molar-refractivity contribution in [3.05, 3.63) is 42.2 Å². The standard InChI is InChI=1S/C11H11NO/c1-8-10(12)7-13-11(8)9-5-3-2-4-6-9/h2-7H,12H2,1H3. The maximum atomic E-state index is 5.68. The van der Waals surface area contributed by atoms with E-state index in [0.717, 1.165) is 16.9 Å². The Morgan fingerprint density at radius 2 is 1.85 bits per heavy atom. The van der Waals surface area contributed by atoms with Crippen LogP contribution in [0.2, 0.25) is 0 Å². The molecule has 0 atom stereocenters. The van der Waals surface area contributed by atoms with Gasteiger partial charge in [0, 0.05) is 11.1 Å². The highest BCUT2D eigenvalue weighted by Crippen LogP contribution is 2.28. The van der Waals surface area contributed by atoms with Gasteiger partial charge in [0.2, 0.25) is 0 Å². The molecule has 1 aromatic heterocycles. The van der Waals surface area contributed by atoms with Crippen LogP contribution in [-0.2, 0) is 0 Å². The zero-order valence-corrected chi connectivity index (χ0v) is 7.45. The van der Waals surface area contributed by atoms with Crippen LogP contribution in [0.15, 0.2) is 41.0 Å². The number of nitrogen functional groups attached to an aromatic ring is 1. The van der Waals surface area contributed by atoms with E-state index in [-0.39, 0.29) is 0 Å². The van der Waals surface area contributed by atoms with E-state index in [1.54, 1.807) is 6.26 Å². The molecule has 0 fully saturated rings. The number of hydrogen-bond donors (Lipinski definition) is 1. The second kappa shape index (κ2) is 2.98. The lowest BCUT2D eigenvalue weighted by Gasteiger charge is -1.97. The molecule has 0 saturated heterocycles. The zero-order chi connectivity index (χ0) is 9.26. The van der Waals surface area contributed by atoms with Gasteiger partial charge < -0.3 is 10.2 Å². The lowest BCUT2D eigenvalue weighted by molar-refractivity contribution is 0.582. The average molecular weight is 173 g/mol. The van der Waals surface area contributed by atoms with E-state index in [4.69, 9.17) is 10.2 Å². The third-order valence-corrected chi connectivity index (χ3v) is 2.11. The Labute approximate surface area is 77.0 Å². The zero-order valence-electron chi connectivity index (χ0n) is 7.45. The van der Waals surface area contributed by atoms with Crippen molar-refractivity contribution in [1.29, 1.82) is 0 Å². The fraction of sp³-hybridized carbons (Fsp3) is 0.0909. The quantitative estimate of drug-likeness (QED) is 0.720. The first kappa shape index (κ1) is 7.92. The number of benzene rings is 1. The smallest absolute Gasteiger partial charge is 0.138 e. The third kappa shape index (κ3) is 1.31. The fourth-order valence-electron chi connectivity index (χ4n) is 1.30. The molecule has 2 rings (SSSR count). The predicted octanol–water partition coefficient (Wildman–Crippen LogP) is 2.84. The maximum absolute atomic E-state index is 5.68. The first-order valence-corrected chi connectivity index (χ1v) is 4.18. The van der Waals surface area contributed by atoms with Gasteiger partial charge in [-0.3, -0.25) is 0 Å². The van der Waals surface area contributed by atoms with Gasteiger partial charge in [0.15, 0.2) is 0 Å². The van der Waals surface area contributed by atoms with Crippen molar-refractivity contribution in [1.82, 2.24) is 0 Å². The summed E-state index contributed by atoms with van der Waals surface area (Å²) < 4.78 is 5.36. The van der Waals surface area contributed by atoms with E-state index >= 15 is 0 Å². The Bertz CT molecular complexity index is 403. The number of anilines is 1. The summed E-state index contributed by atoms with van der Waals surface area (Å²) in [4.78, 5) is 0. The molecular formula is C11H11NO. The number of nitrogens with two attached hydrogens (primary N) is 1. The van der Waals surface area contributed by atoms with Crippen LogP contribution in [-0.4, -0.2) is 0 Å². The molecule has 0 unspecified atom stereocenters. The summed E-state index contributed by atoms with van der Waals surface area (Å²) in [6, 6.07) is 9.95. The highest BCUT2D eigenvalue weighted by molar-refractivity contribution is 5.67. The molecule has 2 N–H and O–H groups in total. The highest BCUT2D eigenvalue weighted by atomic mass is 16.3. The molecule has 2 nitrogen and oxygen atoms in total. The van der Waals surface area contributed by atoms with E-state index < -0.39 is 0 Å². The van der Waals surface area contributed by atoms with Crippen LogP contribution in [0, 0.1) is 6.92 Å². The van der Waals surface area contributed by atoms with Crippen LogP contribution in [0.25, 0.3) is 11.3 Å². The summed E-state index contributed by atoms with van der Waals surface area (Å²) in [7, 11) is 0. The molecule has 0 amide bonds. The Morgan fingerprint density at radius 1 is 1.15 bits per heavy atom. The third-order valence-electron chi connectivity index (χ3n) is 2.11. The van der Waals surface area contributed by atoms with Crippen LogP contribution >= 0.6 is 0 Å². The van der Waals surface area contributed by atoms with Crippen LogP contribution in [0.3, 0.4) is 0 Å². The molecule has 0 aliphatic carbocycles. The maximum Gasteiger partial charge on any atom is 0.138 e. The van der Waals surface area contributed by atoms with Crippen molar-refractivity contribution < 1.29 is 4.42 Å². The molecule has 66 valence electrons. The van der Waals surface area contributed by atoms with Crippen molar-refractivity contribution in [3.8, 4) is 11.3 Å². The normalized spacial score (nSPS) is 10.2. The molecule has 1 aromatic carbocycles. The van der Waals surface area contributed by atoms with Gasteiger partial charge in [0.05, 0.1) is 5.69 Å². The minimum Gasteiger partial charge on any atom is -0.462 e. The molecule has 2 aromatic rings. The first-order valence-electron chi connectivity index (χ1n) is 4.18. The Kier molecular flexibility index (Phi) is 1.81. The Morgan fingerprint density at radius 3 is 2.38 bits per heavy atom. The Hall–Kier alpha value is -1.70. The van der Waals surface area contributed by atoms with Crippen molar-refractivity contribution in [2.24, 2.45) is 0 Å². The summed E-state index contributed by atoms with van der Waals surface area (Å²) in [5.74, 6) is 0.859. The summed E-state index contributed by atoms with van der Waals surface area (Å²) in [6.07, 6.45) is 1.58. The summed E-state index contributed by atoms with van der Waals surface area (Å²) in [5.41, 5.74) is 8.46. The van der Waals surface area contributed by atoms with Crippen molar-refractivity contribution >= 4 is 5.69 Å². The van der Waals surface area contributed by atoms with Crippen LogP contribution < -0.4 is 5.73 Å². The summed E-state index contributed by atoms with van der Waals surface area (Å²) in [6.45, 7) is 1.96. The average Bonchev–Trinajstić information content (AvgIpc) is 2.49. The molecule has 0 bridgehead atoms. The minimum atomic E-state index is 0.707. The van der Waals surface area contributed by atoms with Gasteiger partial charge in [-0.05, 0) is 6.92 Å². The van der Waals surface area contributed by atoms with Gasteiger partial charge in [-0.1, -0.05) is 30.3 Å². The molecule has 13 heavy (non-hydrogen) atoms. The van der Waals surface area contributed by atoms with Gasteiger partial charge in [-0.25, -0.2) is 0 Å². The number of furan rings is 1. The van der Waals surface area contributed by atoms with Gasteiger partial charge in [0.1, 0.15) is 12.0 Å². The largest absolute Gasteiger partial charge is 0.462 e. The van der Waals surface area contributed by atoms with Gasteiger partial charge in [-0.15, -0.1) is 0 Å². The molecular weight excluding hydrogens is 162 g/mol. The Balaban J connectivity index is 2.53. The second-order valence-corrected chi connectivity index (χ2v) is 3.01. The summed E-state index contributed by atoms with van der Waals surface area (Å²) >= 11 is 0. The SMILES string of the molecule is Cc1c(N)coc1-c1ccccc1. The lowest BCUT2D eigenvalue weighted by Crippen LogP contribution is -1.84. The molecule has 0 spiro atoms. The molecule has 0 aliphatic heterocycles. The first-order chi connectivity index (χ1) is 6.29. The van der Waals surface area contributed by atoms with Gasteiger partial charge in [-0.2, -0.15) is 0 Å². The minimum absolute atomic E-state index is 0.707. The van der Waals surface area contributed by atoms with E-state index in [1.807, 2.05) is 37.3 Å².